The van der Waals surface area contributed by atoms with E-state index < -0.39 is 6.10 Å². The first kappa shape index (κ1) is 9.34. The molecule has 1 aromatic carbocycles. The molecule has 0 spiro atoms. The number of likely N-dealkylation sites (N-methyl/N-ethyl adjacent to an activating group) is 1. The van der Waals surface area contributed by atoms with Gasteiger partial charge in [0, 0.05) is 30.8 Å². The number of nitrogens with zero attached hydrogens (tertiary/aromatic N) is 1. The van der Waals surface area contributed by atoms with Gasteiger partial charge in [-0.1, -0.05) is 6.07 Å². The molecule has 0 amide bonds. The number of aromatic hydroxyl groups is 1. The number of hydrogen-bond acceptors (Lipinski definition) is 3. The zero-order valence-corrected chi connectivity index (χ0v) is 8.44. The fourth-order valence-electron chi connectivity index (χ4n) is 2.13. The molecule has 3 heteroatoms. The Morgan fingerprint density at radius 1 is 1.50 bits per heavy atom. The van der Waals surface area contributed by atoms with E-state index in [1.54, 1.807) is 13.0 Å². The van der Waals surface area contributed by atoms with E-state index in [4.69, 9.17) is 0 Å². The molecule has 0 saturated carbocycles. The standard InChI is InChI=1S/C11H15NO2/c1-7(13)8-6-12(2)9-4-3-5-10(14)11(8)9/h3-5,7-8,13-14H,6H2,1-2H3. The van der Waals surface area contributed by atoms with Crippen molar-refractivity contribution < 1.29 is 10.2 Å². The van der Waals surface area contributed by atoms with Crippen molar-refractivity contribution in [1.82, 2.24) is 0 Å². The minimum atomic E-state index is -0.424. The van der Waals surface area contributed by atoms with E-state index in [1.807, 2.05) is 19.2 Å². The van der Waals surface area contributed by atoms with Crippen molar-refractivity contribution in [1.29, 1.82) is 0 Å². The highest BCUT2D eigenvalue weighted by Crippen LogP contribution is 2.42. The predicted octanol–water partition coefficient (Wildman–Crippen LogP) is 1.31. The highest BCUT2D eigenvalue weighted by Gasteiger charge is 2.31. The van der Waals surface area contributed by atoms with Crippen LogP contribution in [0, 0.1) is 0 Å². The zero-order chi connectivity index (χ0) is 10.3. The van der Waals surface area contributed by atoms with Gasteiger partial charge in [-0.3, -0.25) is 0 Å². The van der Waals surface area contributed by atoms with Crippen LogP contribution in [0.3, 0.4) is 0 Å². The molecule has 1 aromatic rings. The maximum Gasteiger partial charge on any atom is 0.121 e. The fourth-order valence-corrected chi connectivity index (χ4v) is 2.13. The van der Waals surface area contributed by atoms with Crippen molar-refractivity contribution in [2.45, 2.75) is 18.9 Å². The molecular weight excluding hydrogens is 178 g/mol. The molecule has 3 nitrogen and oxygen atoms in total. The smallest absolute Gasteiger partial charge is 0.121 e. The zero-order valence-electron chi connectivity index (χ0n) is 8.44. The first-order chi connectivity index (χ1) is 6.61. The van der Waals surface area contributed by atoms with Gasteiger partial charge in [0.05, 0.1) is 6.10 Å². The van der Waals surface area contributed by atoms with E-state index in [2.05, 4.69) is 4.90 Å². The lowest BCUT2D eigenvalue weighted by molar-refractivity contribution is 0.166. The first-order valence-electron chi connectivity index (χ1n) is 4.82. The largest absolute Gasteiger partial charge is 0.508 e. The third kappa shape index (κ3) is 1.24. The third-order valence-electron chi connectivity index (χ3n) is 2.90. The lowest BCUT2D eigenvalue weighted by Gasteiger charge is -2.15. The summed E-state index contributed by atoms with van der Waals surface area (Å²) in [6, 6.07) is 5.47. The van der Waals surface area contributed by atoms with Gasteiger partial charge in [-0.05, 0) is 19.1 Å². The number of fused-ring (bicyclic) bond motifs is 1. The number of aliphatic hydroxyl groups is 1. The van der Waals surface area contributed by atoms with Crippen LogP contribution >= 0.6 is 0 Å². The molecule has 1 aliphatic heterocycles. The topological polar surface area (TPSA) is 43.7 Å². The molecule has 2 atom stereocenters. The highest BCUT2D eigenvalue weighted by atomic mass is 16.3. The van der Waals surface area contributed by atoms with Crippen molar-refractivity contribution in [3.8, 4) is 5.75 Å². The Morgan fingerprint density at radius 2 is 2.21 bits per heavy atom. The summed E-state index contributed by atoms with van der Waals surface area (Å²) >= 11 is 0. The maximum absolute atomic E-state index is 9.73. The summed E-state index contributed by atoms with van der Waals surface area (Å²) in [5, 5.41) is 19.3. The van der Waals surface area contributed by atoms with Crippen molar-refractivity contribution in [2.75, 3.05) is 18.5 Å². The maximum atomic E-state index is 9.73. The van der Waals surface area contributed by atoms with Crippen molar-refractivity contribution in [3.05, 3.63) is 23.8 Å². The third-order valence-corrected chi connectivity index (χ3v) is 2.90. The van der Waals surface area contributed by atoms with Gasteiger partial charge >= 0.3 is 0 Å². The van der Waals surface area contributed by atoms with Crippen LogP contribution in [0.5, 0.6) is 5.75 Å². The molecule has 0 saturated heterocycles. The van der Waals surface area contributed by atoms with Crippen LogP contribution in [0.25, 0.3) is 0 Å². The van der Waals surface area contributed by atoms with Crippen LogP contribution in [-0.2, 0) is 0 Å². The first-order valence-corrected chi connectivity index (χ1v) is 4.82. The van der Waals surface area contributed by atoms with Crippen LogP contribution in [0.2, 0.25) is 0 Å². The molecule has 0 fully saturated rings. The molecule has 2 unspecified atom stereocenters. The van der Waals surface area contributed by atoms with Crippen molar-refractivity contribution >= 4 is 5.69 Å². The molecule has 14 heavy (non-hydrogen) atoms. The van der Waals surface area contributed by atoms with Gasteiger partial charge < -0.3 is 15.1 Å². The fraction of sp³-hybridized carbons (Fsp3) is 0.455. The minimum absolute atomic E-state index is 0.0243. The normalized spacial score (nSPS) is 22.2. The second kappa shape index (κ2) is 3.17. The average molecular weight is 193 g/mol. The predicted molar refractivity (Wildman–Crippen MR) is 55.8 cm³/mol. The van der Waals surface area contributed by atoms with E-state index in [0.29, 0.717) is 0 Å². The van der Waals surface area contributed by atoms with Crippen LogP contribution in [0.4, 0.5) is 5.69 Å². The number of anilines is 1. The molecule has 0 aromatic heterocycles. The number of aliphatic hydroxyl groups excluding tert-OH is 1. The number of benzene rings is 1. The van der Waals surface area contributed by atoms with Gasteiger partial charge in [0.25, 0.3) is 0 Å². The number of hydrogen-bond donors (Lipinski definition) is 2. The summed E-state index contributed by atoms with van der Waals surface area (Å²) in [4.78, 5) is 2.06. The number of phenols is 1. The lowest BCUT2D eigenvalue weighted by atomic mass is 9.96. The van der Waals surface area contributed by atoms with Gasteiger partial charge in [0.1, 0.15) is 5.75 Å². The summed E-state index contributed by atoms with van der Waals surface area (Å²) in [6.45, 7) is 2.53. The average Bonchev–Trinajstić information content (AvgIpc) is 2.46. The SMILES string of the molecule is CC(O)C1CN(C)c2cccc(O)c21. The monoisotopic (exact) mass is 193 g/mol. The van der Waals surface area contributed by atoms with E-state index in [0.717, 1.165) is 17.8 Å². The quantitative estimate of drug-likeness (QED) is 0.706. The second-order valence-corrected chi connectivity index (χ2v) is 3.94. The van der Waals surface area contributed by atoms with Crippen LogP contribution in [0.1, 0.15) is 18.4 Å². The molecule has 0 radical (unpaired) electrons. The number of phenolic OH excluding ortho intramolecular Hbond substituents is 1. The van der Waals surface area contributed by atoms with E-state index >= 15 is 0 Å². The van der Waals surface area contributed by atoms with Gasteiger partial charge in [0.15, 0.2) is 0 Å². The molecule has 76 valence electrons. The van der Waals surface area contributed by atoms with Crippen LogP contribution < -0.4 is 4.90 Å². The Kier molecular flexibility index (Phi) is 2.11. The Balaban J connectivity index is 2.51. The molecule has 0 bridgehead atoms. The minimum Gasteiger partial charge on any atom is -0.508 e. The molecule has 1 aliphatic rings. The summed E-state index contributed by atoms with van der Waals surface area (Å²) in [6.07, 6.45) is -0.424. The molecule has 2 N–H and O–H groups in total. The van der Waals surface area contributed by atoms with Crippen LogP contribution in [0.15, 0.2) is 18.2 Å². The molecule has 1 heterocycles. The summed E-state index contributed by atoms with van der Waals surface area (Å²) < 4.78 is 0. The van der Waals surface area contributed by atoms with E-state index in [9.17, 15) is 10.2 Å². The summed E-state index contributed by atoms with van der Waals surface area (Å²) in [7, 11) is 1.97. The molecule has 0 aliphatic carbocycles. The molecule has 2 rings (SSSR count). The van der Waals surface area contributed by atoms with Gasteiger partial charge in [0.2, 0.25) is 0 Å². The summed E-state index contributed by atoms with van der Waals surface area (Å²) in [5.74, 6) is 0.314. The van der Waals surface area contributed by atoms with E-state index in [-0.39, 0.29) is 11.7 Å². The molecular formula is C11H15NO2. The summed E-state index contributed by atoms with van der Waals surface area (Å²) in [5.41, 5.74) is 1.90. The number of rotatable bonds is 1. The second-order valence-electron chi connectivity index (χ2n) is 3.94. The van der Waals surface area contributed by atoms with Gasteiger partial charge in [-0.25, -0.2) is 0 Å². The Labute approximate surface area is 83.6 Å². The van der Waals surface area contributed by atoms with Crippen LogP contribution in [-0.4, -0.2) is 29.9 Å². The van der Waals surface area contributed by atoms with Gasteiger partial charge in [-0.2, -0.15) is 0 Å². The van der Waals surface area contributed by atoms with Crippen molar-refractivity contribution in [3.63, 3.8) is 0 Å². The highest BCUT2D eigenvalue weighted by molar-refractivity contribution is 5.64. The Bertz CT molecular complexity index is 349. The van der Waals surface area contributed by atoms with Gasteiger partial charge in [-0.15, -0.1) is 0 Å². The van der Waals surface area contributed by atoms with E-state index in [1.165, 1.54) is 0 Å². The van der Waals surface area contributed by atoms with Crippen molar-refractivity contribution in [2.24, 2.45) is 0 Å². The Hall–Kier alpha value is -1.22. The lowest BCUT2D eigenvalue weighted by Crippen LogP contribution is -2.21. The Morgan fingerprint density at radius 3 is 2.86 bits per heavy atom.